The summed E-state index contributed by atoms with van der Waals surface area (Å²) in [5, 5.41) is 11.4. The maximum Gasteiger partial charge on any atom is 0.157 e. The Hall–Kier alpha value is -2.43. The molecule has 2 heterocycles. The standard InChI is InChI=1S/C15H15FN4/c1-9-6-10(2)18-15-13(9)14(19-20-15)17-8-11-4-3-5-12(16)7-11/h3-7H,8H2,1-2H3,(H2,17,18,19,20). The van der Waals surface area contributed by atoms with Gasteiger partial charge in [0.15, 0.2) is 11.5 Å². The third-order valence-electron chi connectivity index (χ3n) is 3.20. The van der Waals surface area contributed by atoms with Crippen molar-refractivity contribution in [3.05, 3.63) is 53.0 Å². The van der Waals surface area contributed by atoms with Crippen molar-refractivity contribution in [1.29, 1.82) is 0 Å². The molecule has 0 atom stereocenters. The fourth-order valence-electron chi connectivity index (χ4n) is 2.34. The summed E-state index contributed by atoms with van der Waals surface area (Å²) in [6.45, 7) is 4.50. The Bertz CT molecular complexity index is 764. The second kappa shape index (κ2) is 4.92. The van der Waals surface area contributed by atoms with Crippen LogP contribution in [0.25, 0.3) is 11.0 Å². The van der Waals surface area contributed by atoms with E-state index in [2.05, 4.69) is 20.5 Å². The van der Waals surface area contributed by atoms with Gasteiger partial charge in [0.05, 0.1) is 5.39 Å². The summed E-state index contributed by atoms with van der Waals surface area (Å²) in [4.78, 5) is 4.41. The lowest BCUT2D eigenvalue weighted by molar-refractivity contribution is 0.626. The summed E-state index contributed by atoms with van der Waals surface area (Å²) in [7, 11) is 0. The number of anilines is 1. The maximum absolute atomic E-state index is 13.1. The van der Waals surface area contributed by atoms with Gasteiger partial charge < -0.3 is 5.32 Å². The van der Waals surface area contributed by atoms with Crippen molar-refractivity contribution in [3.8, 4) is 0 Å². The van der Waals surface area contributed by atoms with Crippen molar-refractivity contribution >= 4 is 16.9 Å². The molecule has 4 nitrogen and oxygen atoms in total. The van der Waals surface area contributed by atoms with E-state index in [4.69, 9.17) is 0 Å². The summed E-state index contributed by atoms with van der Waals surface area (Å²) < 4.78 is 13.1. The number of rotatable bonds is 3. The molecule has 102 valence electrons. The average Bonchev–Trinajstić information content (AvgIpc) is 2.79. The number of aromatic amines is 1. The van der Waals surface area contributed by atoms with Gasteiger partial charge in [0, 0.05) is 12.2 Å². The molecule has 0 spiro atoms. The average molecular weight is 270 g/mol. The number of aromatic nitrogens is 3. The van der Waals surface area contributed by atoms with Gasteiger partial charge in [0.1, 0.15) is 5.82 Å². The van der Waals surface area contributed by atoms with Crippen LogP contribution in [-0.2, 0) is 6.54 Å². The molecule has 0 unspecified atom stereocenters. The predicted octanol–water partition coefficient (Wildman–Crippen LogP) is 3.33. The highest BCUT2D eigenvalue weighted by atomic mass is 19.1. The van der Waals surface area contributed by atoms with Gasteiger partial charge in [0.2, 0.25) is 0 Å². The number of benzene rings is 1. The first-order valence-electron chi connectivity index (χ1n) is 6.44. The van der Waals surface area contributed by atoms with Crippen LogP contribution in [0.1, 0.15) is 16.8 Å². The predicted molar refractivity (Wildman–Crippen MR) is 77.1 cm³/mol. The van der Waals surface area contributed by atoms with Crippen LogP contribution < -0.4 is 5.32 Å². The Morgan fingerprint density at radius 1 is 1.25 bits per heavy atom. The van der Waals surface area contributed by atoms with Gasteiger partial charge in [-0.15, -0.1) is 0 Å². The van der Waals surface area contributed by atoms with Gasteiger partial charge in [-0.05, 0) is 43.2 Å². The highest BCUT2D eigenvalue weighted by Crippen LogP contribution is 2.23. The van der Waals surface area contributed by atoms with Crippen LogP contribution in [0.5, 0.6) is 0 Å². The van der Waals surface area contributed by atoms with Crippen LogP contribution in [0.4, 0.5) is 10.2 Å². The molecular weight excluding hydrogens is 255 g/mol. The first-order valence-corrected chi connectivity index (χ1v) is 6.44. The number of H-pyrrole nitrogens is 1. The zero-order valence-corrected chi connectivity index (χ0v) is 11.4. The SMILES string of the molecule is Cc1cc(C)c2c(NCc3cccc(F)c3)n[nH]c2n1. The summed E-state index contributed by atoms with van der Waals surface area (Å²) in [6, 6.07) is 8.54. The molecule has 5 heteroatoms. The number of hydrogen-bond donors (Lipinski definition) is 2. The van der Waals surface area contributed by atoms with Gasteiger partial charge in [-0.25, -0.2) is 9.37 Å². The molecule has 3 rings (SSSR count). The summed E-state index contributed by atoms with van der Waals surface area (Å²) in [5.41, 5.74) is 3.71. The third-order valence-corrected chi connectivity index (χ3v) is 3.20. The van der Waals surface area contributed by atoms with E-state index in [0.29, 0.717) is 6.54 Å². The number of aryl methyl sites for hydroxylation is 2. The topological polar surface area (TPSA) is 53.6 Å². The Morgan fingerprint density at radius 2 is 2.10 bits per heavy atom. The molecule has 0 fully saturated rings. The molecule has 0 amide bonds. The normalized spacial score (nSPS) is 10.9. The maximum atomic E-state index is 13.1. The van der Waals surface area contributed by atoms with Crippen LogP contribution in [0.3, 0.4) is 0 Å². The molecule has 3 aromatic rings. The van der Waals surface area contributed by atoms with Crippen molar-refractivity contribution in [3.63, 3.8) is 0 Å². The van der Waals surface area contributed by atoms with Crippen LogP contribution in [-0.4, -0.2) is 15.2 Å². The Kier molecular flexibility index (Phi) is 3.10. The van der Waals surface area contributed by atoms with E-state index >= 15 is 0 Å². The van der Waals surface area contributed by atoms with Crippen molar-refractivity contribution in [2.75, 3.05) is 5.32 Å². The Labute approximate surface area is 116 Å². The number of nitrogens with one attached hydrogen (secondary N) is 2. The summed E-state index contributed by atoms with van der Waals surface area (Å²) >= 11 is 0. The highest BCUT2D eigenvalue weighted by molar-refractivity contribution is 5.90. The lowest BCUT2D eigenvalue weighted by atomic mass is 10.1. The molecule has 0 aliphatic carbocycles. The van der Waals surface area contributed by atoms with Crippen LogP contribution >= 0.6 is 0 Å². The van der Waals surface area contributed by atoms with Gasteiger partial charge >= 0.3 is 0 Å². The zero-order valence-electron chi connectivity index (χ0n) is 11.4. The molecular formula is C15H15FN4. The largest absolute Gasteiger partial charge is 0.364 e. The van der Waals surface area contributed by atoms with E-state index in [1.54, 1.807) is 6.07 Å². The molecule has 1 aromatic carbocycles. The molecule has 0 bridgehead atoms. The van der Waals surface area contributed by atoms with Crippen molar-refractivity contribution in [2.24, 2.45) is 0 Å². The summed E-state index contributed by atoms with van der Waals surface area (Å²) in [6.07, 6.45) is 0. The van der Waals surface area contributed by atoms with Crippen molar-refractivity contribution < 1.29 is 4.39 Å². The molecule has 2 aromatic heterocycles. The molecule has 0 radical (unpaired) electrons. The molecule has 0 saturated heterocycles. The number of nitrogens with zero attached hydrogens (tertiary/aromatic N) is 2. The van der Waals surface area contributed by atoms with E-state index in [0.717, 1.165) is 33.7 Å². The minimum Gasteiger partial charge on any atom is -0.364 e. The van der Waals surface area contributed by atoms with Gasteiger partial charge in [-0.2, -0.15) is 5.10 Å². The first-order chi connectivity index (χ1) is 9.63. The van der Waals surface area contributed by atoms with Crippen LogP contribution in [0, 0.1) is 19.7 Å². The number of hydrogen-bond acceptors (Lipinski definition) is 3. The Morgan fingerprint density at radius 3 is 2.90 bits per heavy atom. The third kappa shape index (κ3) is 2.34. The highest BCUT2D eigenvalue weighted by Gasteiger charge is 2.10. The Balaban J connectivity index is 1.88. The smallest absolute Gasteiger partial charge is 0.157 e. The molecule has 20 heavy (non-hydrogen) atoms. The number of halogens is 1. The van der Waals surface area contributed by atoms with Gasteiger partial charge in [-0.3, -0.25) is 5.10 Å². The number of pyridine rings is 1. The fourth-order valence-corrected chi connectivity index (χ4v) is 2.34. The monoisotopic (exact) mass is 270 g/mol. The zero-order chi connectivity index (χ0) is 14.1. The van der Waals surface area contributed by atoms with Gasteiger partial charge in [-0.1, -0.05) is 12.1 Å². The summed E-state index contributed by atoms with van der Waals surface area (Å²) in [5.74, 6) is 0.513. The first kappa shape index (κ1) is 12.6. The minimum absolute atomic E-state index is 0.232. The lowest BCUT2D eigenvalue weighted by Crippen LogP contribution is -2.01. The van der Waals surface area contributed by atoms with E-state index in [-0.39, 0.29) is 5.82 Å². The van der Waals surface area contributed by atoms with E-state index in [9.17, 15) is 4.39 Å². The van der Waals surface area contributed by atoms with E-state index in [1.807, 2.05) is 26.0 Å². The lowest BCUT2D eigenvalue weighted by Gasteiger charge is -2.05. The van der Waals surface area contributed by atoms with E-state index in [1.165, 1.54) is 12.1 Å². The molecule has 0 aliphatic heterocycles. The van der Waals surface area contributed by atoms with Gasteiger partial charge in [0.25, 0.3) is 0 Å². The second-order valence-electron chi connectivity index (χ2n) is 4.86. The molecule has 2 N–H and O–H groups in total. The van der Waals surface area contributed by atoms with Crippen molar-refractivity contribution in [2.45, 2.75) is 20.4 Å². The minimum atomic E-state index is -0.232. The molecule has 0 aliphatic rings. The van der Waals surface area contributed by atoms with Crippen LogP contribution in [0.15, 0.2) is 30.3 Å². The quantitative estimate of drug-likeness (QED) is 0.767. The molecule has 0 saturated carbocycles. The number of fused-ring (bicyclic) bond motifs is 1. The second-order valence-corrected chi connectivity index (χ2v) is 4.86. The van der Waals surface area contributed by atoms with Crippen LogP contribution in [0.2, 0.25) is 0 Å². The van der Waals surface area contributed by atoms with Crippen molar-refractivity contribution in [1.82, 2.24) is 15.2 Å². The fraction of sp³-hybridized carbons (Fsp3) is 0.200. The van der Waals surface area contributed by atoms with E-state index < -0.39 is 0 Å².